The summed E-state index contributed by atoms with van der Waals surface area (Å²) in [5.74, 6) is -0.0323. The third-order valence-corrected chi connectivity index (χ3v) is 5.29. The molecule has 1 aliphatic rings. The average molecular weight is 417 g/mol. The van der Waals surface area contributed by atoms with Crippen LogP contribution in [-0.4, -0.2) is 38.8 Å². The predicted octanol–water partition coefficient (Wildman–Crippen LogP) is 3.99. The maximum Gasteiger partial charge on any atom is 0.253 e. The van der Waals surface area contributed by atoms with Crippen LogP contribution in [0.15, 0.2) is 53.0 Å². The lowest BCUT2D eigenvalue weighted by molar-refractivity contribution is 0.0944. The molecule has 0 saturated carbocycles. The van der Waals surface area contributed by atoms with Gasteiger partial charge in [-0.05, 0) is 29.8 Å². The van der Waals surface area contributed by atoms with Crippen molar-refractivity contribution in [2.75, 3.05) is 37.7 Å². The lowest BCUT2D eigenvalue weighted by Gasteiger charge is -2.31. The first-order chi connectivity index (χ1) is 12.5. The van der Waals surface area contributed by atoms with E-state index in [0.717, 1.165) is 28.8 Å². The monoisotopic (exact) mass is 416 g/mol. The smallest absolute Gasteiger partial charge is 0.253 e. The molecule has 0 spiro atoms. The molecule has 0 unspecified atom stereocenters. The number of carbonyl (C=O) groups is 1. The third-order valence-electron chi connectivity index (χ3n) is 4.80. The summed E-state index contributed by atoms with van der Waals surface area (Å²) < 4.78 is 6.47. The summed E-state index contributed by atoms with van der Waals surface area (Å²) in [6.45, 7) is 7.88. The van der Waals surface area contributed by atoms with E-state index >= 15 is 0 Å². The molecular weight excluding hydrogens is 392 g/mol. The van der Waals surface area contributed by atoms with E-state index in [0.29, 0.717) is 19.8 Å². The highest BCUT2D eigenvalue weighted by Gasteiger charge is 2.24. The van der Waals surface area contributed by atoms with Gasteiger partial charge in [0.25, 0.3) is 5.91 Å². The number of para-hydroxylation sites is 1. The van der Waals surface area contributed by atoms with E-state index in [1.165, 1.54) is 5.56 Å². The summed E-state index contributed by atoms with van der Waals surface area (Å²) in [4.78, 5) is 15.1. The molecule has 0 aliphatic carbocycles. The maximum atomic E-state index is 12.9. The lowest BCUT2D eigenvalue weighted by atomic mass is 9.84. The Morgan fingerprint density at radius 2 is 1.88 bits per heavy atom. The number of hydrogen-bond acceptors (Lipinski definition) is 3. The molecule has 5 heteroatoms. The number of nitrogens with zero attached hydrogens (tertiary/aromatic N) is 1. The molecular formula is C21H25BrN2O2. The number of morpholine rings is 1. The van der Waals surface area contributed by atoms with Crippen LogP contribution < -0.4 is 10.2 Å². The summed E-state index contributed by atoms with van der Waals surface area (Å²) in [6.07, 6.45) is 0. The van der Waals surface area contributed by atoms with E-state index in [-0.39, 0.29) is 11.3 Å². The van der Waals surface area contributed by atoms with E-state index in [1.807, 2.05) is 36.4 Å². The van der Waals surface area contributed by atoms with E-state index in [2.05, 4.69) is 52.1 Å². The second-order valence-corrected chi connectivity index (χ2v) is 8.11. The molecule has 4 nitrogen and oxygen atoms in total. The highest BCUT2D eigenvalue weighted by molar-refractivity contribution is 9.10. The first-order valence-electron chi connectivity index (χ1n) is 8.93. The molecule has 2 aromatic rings. The van der Waals surface area contributed by atoms with Crippen molar-refractivity contribution in [1.82, 2.24) is 5.32 Å². The van der Waals surface area contributed by atoms with Crippen molar-refractivity contribution in [2.45, 2.75) is 19.3 Å². The van der Waals surface area contributed by atoms with Crippen LogP contribution in [0.4, 0.5) is 5.69 Å². The van der Waals surface area contributed by atoms with Crippen LogP contribution in [0.25, 0.3) is 0 Å². The van der Waals surface area contributed by atoms with Gasteiger partial charge in [0.05, 0.1) is 18.8 Å². The van der Waals surface area contributed by atoms with Crippen molar-refractivity contribution in [1.29, 1.82) is 0 Å². The van der Waals surface area contributed by atoms with Gasteiger partial charge in [-0.15, -0.1) is 0 Å². The molecule has 0 radical (unpaired) electrons. The standard InChI is InChI=1S/C21H25BrN2O2/c1-21(2,16-6-5-7-17(22)14-16)15-23-20(25)18-8-3-4-9-19(18)24-10-12-26-13-11-24/h3-9,14H,10-13,15H2,1-2H3,(H,23,25). The number of halogens is 1. The SMILES string of the molecule is CC(C)(CNC(=O)c1ccccc1N1CCOCC1)c1cccc(Br)c1. The van der Waals surface area contributed by atoms with Crippen LogP contribution in [0, 0.1) is 0 Å². The Bertz CT molecular complexity index is 770. The summed E-state index contributed by atoms with van der Waals surface area (Å²) in [7, 11) is 0. The Morgan fingerprint density at radius 3 is 2.62 bits per heavy atom. The molecule has 0 aromatic heterocycles. The number of ether oxygens (including phenoxy) is 1. The van der Waals surface area contributed by atoms with Crippen molar-refractivity contribution in [2.24, 2.45) is 0 Å². The van der Waals surface area contributed by atoms with Gasteiger partial charge in [0.15, 0.2) is 0 Å². The molecule has 2 aromatic carbocycles. The van der Waals surface area contributed by atoms with Crippen LogP contribution >= 0.6 is 15.9 Å². The van der Waals surface area contributed by atoms with Gasteiger partial charge in [-0.2, -0.15) is 0 Å². The zero-order valence-corrected chi connectivity index (χ0v) is 16.9. The molecule has 0 bridgehead atoms. The number of nitrogens with one attached hydrogen (secondary N) is 1. The molecule has 138 valence electrons. The topological polar surface area (TPSA) is 41.6 Å². The van der Waals surface area contributed by atoms with Crippen LogP contribution in [0.1, 0.15) is 29.8 Å². The fourth-order valence-corrected chi connectivity index (χ4v) is 3.55. The predicted molar refractivity (Wildman–Crippen MR) is 109 cm³/mol. The molecule has 1 aliphatic heterocycles. The van der Waals surface area contributed by atoms with Crippen LogP contribution in [0.2, 0.25) is 0 Å². The second kappa shape index (κ2) is 8.23. The van der Waals surface area contributed by atoms with Crippen LogP contribution in [-0.2, 0) is 10.2 Å². The van der Waals surface area contributed by atoms with Gasteiger partial charge in [0, 0.05) is 35.2 Å². The molecule has 0 atom stereocenters. The molecule has 1 amide bonds. The summed E-state index contributed by atoms with van der Waals surface area (Å²) >= 11 is 3.52. The Balaban J connectivity index is 1.72. The van der Waals surface area contributed by atoms with E-state index in [4.69, 9.17) is 4.74 Å². The Labute approximate surface area is 163 Å². The summed E-state index contributed by atoms with van der Waals surface area (Å²) in [6, 6.07) is 16.0. The average Bonchev–Trinajstić information content (AvgIpc) is 2.67. The summed E-state index contributed by atoms with van der Waals surface area (Å²) in [5.41, 5.74) is 2.73. The zero-order valence-electron chi connectivity index (χ0n) is 15.3. The Morgan fingerprint density at radius 1 is 1.15 bits per heavy atom. The van der Waals surface area contributed by atoms with Crippen molar-refractivity contribution in [3.05, 3.63) is 64.1 Å². The van der Waals surface area contributed by atoms with Crippen molar-refractivity contribution in [3.63, 3.8) is 0 Å². The van der Waals surface area contributed by atoms with Gasteiger partial charge in [-0.1, -0.05) is 54.0 Å². The van der Waals surface area contributed by atoms with Crippen LogP contribution in [0.5, 0.6) is 0 Å². The van der Waals surface area contributed by atoms with E-state index in [1.54, 1.807) is 0 Å². The Kier molecular flexibility index (Phi) is 5.99. The number of anilines is 1. The first-order valence-corrected chi connectivity index (χ1v) is 9.73. The fourth-order valence-electron chi connectivity index (χ4n) is 3.15. The number of hydrogen-bond donors (Lipinski definition) is 1. The number of rotatable bonds is 5. The molecule has 1 N–H and O–H groups in total. The quantitative estimate of drug-likeness (QED) is 0.800. The fraction of sp³-hybridized carbons (Fsp3) is 0.381. The van der Waals surface area contributed by atoms with Crippen molar-refractivity contribution in [3.8, 4) is 0 Å². The van der Waals surface area contributed by atoms with Gasteiger partial charge in [-0.3, -0.25) is 4.79 Å². The van der Waals surface area contributed by atoms with Crippen LogP contribution in [0.3, 0.4) is 0 Å². The second-order valence-electron chi connectivity index (χ2n) is 7.19. The molecule has 3 rings (SSSR count). The lowest BCUT2D eigenvalue weighted by Crippen LogP contribution is -2.39. The van der Waals surface area contributed by atoms with Crippen molar-refractivity contribution < 1.29 is 9.53 Å². The minimum atomic E-state index is -0.159. The molecule has 1 fully saturated rings. The first kappa shape index (κ1) is 18.9. The zero-order chi connectivity index (χ0) is 18.6. The summed E-state index contributed by atoms with van der Waals surface area (Å²) in [5, 5.41) is 3.12. The van der Waals surface area contributed by atoms with E-state index < -0.39 is 0 Å². The van der Waals surface area contributed by atoms with Crippen molar-refractivity contribution >= 4 is 27.5 Å². The van der Waals surface area contributed by atoms with Gasteiger partial charge in [-0.25, -0.2) is 0 Å². The molecule has 26 heavy (non-hydrogen) atoms. The largest absolute Gasteiger partial charge is 0.378 e. The highest BCUT2D eigenvalue weighted by Crippen LogP contribution is 2.26. The number of benzene rings is 2. The minimum absolute atomic E-state index is 0.0323. The van der Waals surface area contributed by atoms with E-state index in [9.17, 15) is 4.79 Å². The highest BCUT2D eigenvalue weighted by atomic mass is 79.9. The van der Waals surface area contributed by atoms with Gasteiger partial charge in [0.2, 0.25) is 0 Å². The van der Waals surface area contributed by atoms with Gasteiger partial charge >= 0.3 is 0 Å². The van der Waals surface area contributed by atoms with Gasteiger partial charge < -0.3 is 15.0 Å². The molecule has 1 saturated heterocycles. The third kappa shape index (κ3) is 4.46. The Hall–Kier alpha value is -1.85. The minimum Gasteiger partial charge on any atom is -0.378 e. The number of carbonyl (C=O) groups excluding carboxylic acids is 1. The maximum absolute atomic E-state index is 12.9. The molecule has 1 heterocycles. The van der Waals surface area contributed by atoms with Gasteiger partial charge in [0.1, 0.15) is 0 Å². The normalized spacial score (nSPS) is 15.0. The number of amides is 1.